The number of aromatic nitrogens is 1. The van der Waals surface area contributed by atoms with E-state index in [0.29, 0.717) is 12.2 Å². The van der Waals surface area contributed by atoms with Gasteiger partial charge in [0.25, 0.3) is 0 Å². The average molecular weight is 412 g/mol. The van der Waals surface area contributed by atoms with Crippen molar-refractivity contribution in [3.05, 3.63) is 69.2 Å². The highest BCUT2D eigenvalue weighted by molar-refractivity contribution is 7.71. The number of benzene rings is 2. The second-order valence-corrected chi connectivity index (χ2v) is 9.52. The van der Waals surface area contributed by atoms with Crippen LogP contribution in [0.5, 0.6) is 5.75 Å². The minimum Gasteiger partial charge on any atom is -0.489 e. The number of nitrogens with zero attached hydrogens (tertiary/aromatic N) is 1. The molecule has 0 fully saturated rings. The van der Waals surface area contributed by atoms with Gasteiger partial charge in [0.2, 0.25) is 0 Å². The van der Waals surface area contributed by atoms with Crippen LogP contribution in [0.1, 0.15) is 62.8 Å². The van der Waals surface area contributed by atoms with E-state index in [9.17, 15) is 4.39 Å². The summed E-state index contributed by atoms with van der Waals surface area (Å²) < 4.78 is 23.3. The van der Waals surface area contributed by atoms with Crippen molar-refractivity contribution < 1.29 is 9.13 Å². The maximum atomic E-state index is 14.1. The van der Waals surface area contributed by atoms with Gasteiger partial charge in [-0.3, -0.25) is 0 Å². The van der Waals surface area contributed by atoms with Gasteiger partial charge < -0.3 is 9.30 Å². The summed E-state index contributed by atoms with van der Waals surface area (Å²) >= 11 is 5.79. The molecular weight excluding hydrogens is 381 g/mol. The van der Waals surface area contributed by atoms with Gasteiger partial charge in [-0.05, 0) is 69.2 Å². The summed E-state index contributed by atoms with van der Waals surface area (Å²) in [7, 11) is 0. The normalized spacial score (nSPS) is 12.0. The Bertz CT molecular complexity index is 1120. The van der Waals surface area contributed by atoms with Crippen molar-refractivity contribution in [1.29, 1.82) is 0 Å². The van der Waals surface area contributed by atoms with Gasteiger partial charge in [-0.15, -0.1) is 0 Å². The molecule has 0 spiro atoms. The molecule has 0 radical (unpaired) electrons. The zero-order valence-corrected chi connectivity index (χ0v) is 19.2. The van der Waals surface area contributed by atoms with Crippen LogP contribution >= 0.6 is 12.2 Å². The molecule has 154 valence electrons. The molecule has 0 bridgehead atoms. The zero-order chi connectivity index (χ0) is 21.5. The van der Waals surface area contributed by atoms with Gasteiger partial charge in [0.15, 0.2) is 0 Å². The predicted molar refractivity (Wildman–Crippen MR) is 122 cm³/mol. The molecule has 1 aromatic heterocycles. The van der Waals surface area contributed by atoms with E-state index >= 15 is 0 Å². The third-order valence-electron chi connectivity index (χ3n) is 5.27. The lowest BCUT2D eigenvalue weighted by Gasteiger charge is -2.26. The summed E-state index contributed by atoms with van der Waals surface area (Å²) in [5.41, 5.74) is 3.60. The number of rotatable bonds is 4. The van der Waals surface area contributed by atoms with E-state index in [4.69, 9.17) is 17.0 Å². The van der Waals surface area contributed by atoms with Crippen molar-refractivity contribution in [1.82, 2.24) is 4.57 Å². The maximum Gasteiger partial charge on any atom is 0.126 e. The fraction of sp³-hybridized carbons (Fsp3) is 0.400. The molecule has 3 aromatic rings. The molecule has 1 heterocycles. The van der Waals surface area contributed by atoms with Gasteiger partial charge in [0.05, 0.1) is 0 Å². The fourth-order valence-electron chi connectivity index (χ4n) is 3.54. The molecule has 0 aliphatic carbocycles. The van der Waals surface area contributed by atoms with E-state index in [1.54, 1.807) is 19.1 Å². The summed E-state index contributed by atoms with van der Waals surface area (Å²) in [6, 6.07) is 9.75. The Balaban J connectivity index is 2.12. The molecule has 0 aliphatic rings. The first-order valence-corrected chi connectivity index (χ1v) is 10.5. The Hall–Kier alpha value is -2.20. The Morgan fingerprint density at radius 1 is 1.07 bits per heavy atom. The largest absolute Gasteiger partial charge is 0.489 e. The SMILES string of the molecule is Cc1ccc2c(=S)n(C(C)(C)C)cc(COc3cc(C)c(F)cc3C(C)C)c2c1. The smallest absolute Gasteiger partial charge is 0.126 e. The van der Waals surface area contributed by atoms with Gasteiger partial charge in [-0.1, -0.05) is 49.8 Å². The Labute approximate surface area is 178 Å². The molecule has 0 saturated carbocycles. The zero-order valence-electron chi connectivity index (χ0n) is 18.4. The molecule has 0 aliphatic heterocycles. The first-order chi connectivity index (χ1) is 13.5. The fourth-order valence-corrected chi connectivity index (χ4v) is 4.04. The van der Waals surface area contributed by atoms with Gasteiger partial charge in [0, 0.05) is 22.7 Å². The molecule has 0 unspecified atom stereocenters. The second-order valence-electron chi connectivity index (χ2n) is 9.13. The third-order valence-corrected chi connectivity index (χ3v) is 5.69. The molecule has 3 rings (SSSR count). The first kappa shape index (κ1) is 21.5. The Morgan fingerprint density at radius 2 is 1.76 bits per heavy atom. The highest BCUT2D eigenvalue weighted by atomic mass is 32.1. The number of hydrogen-bond donors (Lipinski definition) is 0. The summed E-state index contributed by atoms with van der Waals surface area (Å²) in [6.07, 6.45) is 2.11. The lowest BCUT2D eigenvalue weighted by atomic mass is 10.00. The highest BCUT2D eigenvalue weighted by Gasteiger charge is 2.18. The quantitative estimate of drug-likeness (QED) is 0.411. The predicted octanol–water partition coefficient (Wildman–Crippen LogP) is 7.58. The molecule has 29 heavy (non-hydrogen) atoms. The lowest BCUT2D eigenvalue weighted by molar-refractivity contribution is 0.299. The van der Waals surface area contributed by atoms with E-state index in [2.05, 4.69) is 70.5 Å². The molecule has 4 heteroatoms. The molecule has 0 N–H and O–H groups in total. The maximum absolute atomic E-state index is 14.1. The second kappa shape index (κ2) is 7.91. The van der Waals surface area contributed by atoms with Crippen LogP contribution in [0.4, 0.5) is 4.39 Å². The molecule has 0 atom stereocenters. The van der Waals surface area contributed by atoms with Gasteiger partial charge in [-0.25, -0.2) is 4.39 Å². The number of aryl methyl sites for hydroxylation is 2. The van der Waals surface area contributed by atoms with E-state index in [1.165, 1.54) is 5.56 Å². The molecule has 2 aromatic carbocycles. The lowest BCUT2D eigenvalue weighted by Crippen LogP contribution is -2.23. The number of hydrogen-bond acceptors (Lipinski definition) is 2. The highest BCUT2D eigenvalue weighted by Crippen LogP contribution is 2.32. The van der Waals surface area contributed by atoms with Crippen LogP contribution in [-0.4, -0.2) is 4.57 Å². The first-order valence-electron chi connectivity index (χ1n) is 10.1. The van der Waals surface area contributed by atoms with Crippen LogP contribution in [-0.2, 0) is 12.1 Å². The monoisotopic (exact) mass is 411 g/mol. The number of ether oxygens (including phenoxy) is 1. The van der Waals surface area contributed by atoms with Crippen LogP contribution in [0.3, 0.4) is 0 Å². The topological polar surface area (TPSA) is 14.2 Å². The van der Waals surface area contributed by atoms with Crippen molar-refractivity contribution in [2.75, 3.05) is 0 Å². The number of pyridine rings is 1. The molecule has 2 nitrogen and oxygen atoms in total. The van der Waals surface area contributed by atoms with Crippen molar-refractivity contribution >= 4 is 23.0 Å². The summed E-state index contributed by atoms with van der Waals surface area (Å²) in [6.45, 7) is 14.8. The van der Waals surface area contributed by atoms with E-state index in [0.717, 1.165) is 32.3 Å². The van der Waals surface area contributed by atoms with E-state index < -0.39 is 0 Å². The molecular formula is C25H30FNOS. The van der Waals surface area contributed by atoms with Crippen LogP contribution in [0.15, 0.2) is 36.5 Å². The summed E-state index contributed by atoms with van der Waals surface area (Å²) in [5, 5.41) is 2.17. The van der Waals surface area contributed by atoms with Crippen LogP contribution in [0.25, 0.3) is 10.8 Å². The van der Waals surface area contributed by atoms with Crippen molar-refractivity contribution in [3.63, 3.8) is 0 Å². The summed E-state index contributed by atoms with van der Waals surface area (Å²) in [4.78, 5) is 0. The third kappa shape index (κ3) is 4.37. The van der Waals surface area contributed by atoms with Crippen molar-refractivity contribution in [2.45, 2.75) is 66.5 Å². The van der Waals surface area contributed by atoms with Crippen LogP contribution in [0, 0.1) is 24.3 Å². The van der Waals surface area contributed by atoms with Crippen LogP contribution in [0.2, 0.25) is 0 Å². The van der Waals surface area contributed by atoms with Crippen molar-refractivity contribution in [2.24, 2.45) is 0 Å². The van der Waals surface area contributed by atoms with Gasteiger partial charge in [-0.2, -0.15) is 0 Å². The van der Waals surface area contributed by atoms with Crippen LogP contribution < -0.4 is 4.74 Å². The van der Waals surface area contributed by atoms with E-state index in [-0.39, 0.29) is 17.3 Å². The van der Waals surface area contributed by atoms with E-state index in [1.807, 2.05) is 0 Å². The standard InChI is InChI=1S/C25H30FNOS/c1-15(2)20-12-22(26)17(4)11-23(20)28-14-18-13-27(25(5,6)7)24(29)19-9-8-16(3)10-21(18)19/h8-13,15H,14H2,1-7H3. The number of halogens is 1. The summed E-state index contributed by atoms with van der Waals surface area (Å²) in [5.74, 6) is 0.723. The van der Waals surface area contributed by atoms with Gasteiger partial charge in [0.1, 0.15) is 22.8 Å². The minimum absolute atomic E-state index is 0.138. The number of fused-ring (bicyclic) bond motifs is 1. The molecule has 0 amide bonds. The minimum atomic E-state index is -0.192. The Kier molecular flexibility index (Phi) is 5.86. The average Bonchev–Trinajstić information content (AvgIpc) is 2.62. The Morgan fingerprint density at radius 3 is 2.38 bits per heavy atom. The van der Waals surface area contributed by atoms with Gasteiger partial charge >= 0.3 is 0 Å². The van der Waals surface area contributed by atoms with Crippen molar-refractivity contribution in [3.8, 4) is 5.75 Å². The molecule has 0 saturated heterocycles.